The summed E-state index contributed by atoms with van der Waals surface area (Å²) in [6, 6.07) is 8.43. The van der Waals surface area contributed by atoms with Crippen molar-refractivity contribution in [2.24, 2.45) is 18.6 Å². The first-order valence-electron chi connectivity index (χ1n) is 11.6. The number of rotatable bonds is 8. The molecule has 1 amide bonds. The van der Waals surface area contributed by atoms with E-state index >= 15 is 0 Å². The van der Waals surface area contributed by atoms with Gasteiger partial charge in [-0.3, -0.25) is 14.5 Å². The summed E-state index contributed by atoms with van der Waals surface area (Å²) in [5.41, 5.74) is 9.28. The standard InChI is InChI=1S/C26H32F3N7O/c1-15(2)32-12-18-8-20(26(27,28)29)11-21(9-18)34-25(37)19-7-6-16(3)24(10-19)36(31)14-23(30)22-13-33-35(5)17(22)4/h6-11,13-15,32H,12,30-31H2,1-5H3,(H,34,37)/b23-14-. The Bertz CT molecular complexity index is 1310. The minimum absolute atomic E-state index is 0.0447. The lowest BCUT2D eigenvalue weighted by molar-refractivity contribution is -0.137. The number of anilines is 2. The molecule has 0 saturated carbocycles. The van der Waals surface area contributed by atoms with Crippen molar-refractivity contribution in [3.05, 3.63) is 82.3 Å². The Morgan fingerprint density at radius 2 is 1.89 bits per heavy atom. The van der Waals surface area contributed by atoms with Crippen LogP contribution in [0.3, 0.4) is 0 Å². The molecule has 37 heavy (non-hydrogen) atoms. The Morgan fingerprint density at radius 1 is 1.19 bits per heavy atom. The van der Waals surface area contributed by atoms with Crippen LogP contribution in [0.15, 0.2) is 48.8 Å². The van der Waals surface area contributed by atoms with E-state index in [1.54, 1.807) is 36.1 Å². The molecule has 2 aromatic carbocycles. The van der Waals surface area contributed by atoms with Gasteiger partial charge in [0.15, 0.2) is 0 Å². The summed E-state index contributed by atoms with van der Waals surface area (Å²) in [4.78, 5) is 13.0. The maximum Gasteiger partial charge on any atom is 0.416 e. The molecule has 3 rings (SSSR count). The van der Waals surface area contributed by atoms with E-state index in [1.165, 1.54) is 17.3 Å². The van der Waals surface area contributed by atoms with Crippen molar-refractivity contribution in [2.75, 3.05) is 10.3 Å². The number of alkyl halides is 3. The minimum atomic E-state index is -4.55. The molecule has 0 bridgehead atoms. The fraction of sp³-hybridized carbons (Fsp3) is 0.308. The lowest BCUT2D eigenvalue weighted by Crippen LogP contribution is -2.27. The van der Waals surface area contributed by atoms with Gasteiger partial charge in [0.25, 0.3) is 5.91 Å². The van der Waals surface area contributed by atoms with Gasteiger partial charge in [0, 0.05) is 48.3 Å². The lowest BCUT2D eigenvalue weighted by atomic mass is 10.1. The molecule has 6 N–H and O–H groups in total. The summed E-state index contributed by atoms with van der Waals surface area (Å²) in [5, 5.41) is 11.1. The molecular formula is C26H32F3N7O. The van der Waals surface area contributed by atoms with Gasteiger partial charge in [0.2, 0.25) is 0 Å². The molecule has 11 heteroatoms. The molecule has 1 heterocycles. The van der Waals surface area contributed by atoms with Gasteiger partial charge in [0.1, 0.15) is 0 Å². The highest BCUT2D eigenvalue weighted by atomic mass is 19.4. The number of aromatic nitrogens is 2. The van der Waals surface area contributed by atoms with Crippen LogP contribution in [-0.2, 0) is 19.8 Å². The van der Waals surface area contributed by atoms with Gasteiger partial charge in [-0.05, 0) is 55.3 Å². The molecule has 0 aliphatic rings. The second kappa shape index (κ2) is 11.1. The van der Waals surface area contributed by atoms with Crippen LogP contribution < -0.4 is 27.2 Å². The SMILES string of the molecule is Cc1ccc(C(=O)Nc2cc(CNC(C)C)cc(C(F)(F)F)c2)cc1N(N)/C=C(\N)c1cnn(C)c1C. The van der Waals surface area contributed by atoms with Crippen molar-refractivity contribution >= 4 is 23.0 Å². The molecular weight excluding hydrogens is 483 g/mol. The van der Waals surface area contributed by atoms with Crippen LogP contribution in [0.1, 0.15) is 52.2 Å². The number of hydrogen-bond donors (Lipinski definition) is 4. The lowest BCUT2D eigenvalue weighted by Gasteiger charge is -2.19. The van der Waals surface area contributed by atoms with Gasteiger partial charge in [-0.15, -0.1) is 0 Å². The average Bonchev–Trinajstić information content (AvgIpc) is 3.15. The largest absolute Gasteiger partial charge is 0.416 e. The van der Waals surface area contributed by atoms with Crippen LogP contribution in [0.4, 0.5) is 24.5 Å². The summed E-state index contributed by atoms with van der Waals surface area (Å²) < 4.78 is 42.1. The van der Waals surface area contributed by atoms with E-state index in [9.17, 15) is 18.0 Å². The second-order valence-corrected chi connectivity index (χ2v) is 9.17. The predicted molar refractivity (Wildman–Crippen MR) is 139 cm³/mol. The van der Waals surface area contributed by atoms with Crippen molar-refractivity contribution in [1.29, 1.82) is 0 Å². The van der Waals surface area contributed by atoms with Crippen LogP contribution in [0.2, 0.25) is 0 Å². The Hall–Kier alpha value is -3.83. The normalized spacial score (nSPS) is 12.2. The zero-order valence-electron chi connectivity index (χ0n) is 21.4. The maximum atomic E-state index is 13.5. The van der Waals surface area contributed by atoms with E-state index in [0.29, 0.717) is 16.9 Å². The molecule has 0 aliphatic carbocycles. The highest BCUT2D eigenvalue weighted by molar-refractivity contribution is 6.05. The van der Waals surface area contributed by atoms with Crippen LogP contribution in [0.25, 0.3) is 5.70 Å². The average molecular weight is 516 g/mol. The Labute approximate surface area is 214 Å². The number of carbonyl (C=O) groups is 1. The number of nitrogens with zero attached hydrogens (tertiary/aromatic N) is 3. The third-order valence-electron chi connectivity index (χ3n) is 5.87. The van der Waals surface area contributed by atoms with Gasteiger partial charge in [-0.2, -0.15) is 18.3 Å². The van der Waals surface area contributed by atoms with Crippen LogP contribution in [0.5, 0.6) is 0 Å². The van der Waals surface area contributed by atoms with E-state index in [4.69, 9.17) is 11.6 Å². The zero-order valence-corrected chi connectivity index (χ0v) is 21.4. The quantitative estimate of drug-likeness (QED) is 0.261. The number of aryl methyl sites for hydroxylation is 2. The smallest absolute Gasteiger partial charge is 0.397 e. The molecule has 8 nitrogen and oxygen atoms in total. The first-order valence-corrected chi connectivity index (χ1v) is 11.6. The van der Waals surface area contributed by atoms with Crippen LogP contribution in [0, 0.1) is 13.8 Å². The highest BCUT2D eigenvalue weighted by Gasteiger charge is 2.31. The molecule has 1 aromatic heterocycles. The molecule has 0 aliphatic heterocycles. The van der Waals surface area contributed by atoms with E-state index < -0.39 is 17.6 Å². The molecule has 0 spiro atoms. The first kappa shape index (κ1) is 27.8. The number of halogens is 3. The molecule has 0 saturated heterocycles. The van der Waals surface area contributed by atoms with Crippen molar-refractivity contribution in [3.63, 3.8) is 0 Å². The van der Waals surface area contributed by atoms with Crippen molar-refractivity contribution in [3.8, 4) is 0 Å². The molecule has 0 atom stereocenters. The van der Waals surface area contributed by atoms with Gasteiger partial charge >= 0.3 is 6.18 Å². The first-order chi connectivity index (χ1) is 17.3. The topological polar surface area (TPSA) is 114 Å². The summed E-state index contributed by atoms with van der Waals surface area (Å²) >= 11 is 0. The number of carbonyl (C=O) groups excluding carboxylic acids is 1. The number of hydrogen-bond acceptors (Lipinski definition) is 6. The Kier molecular flexibility index (Phi) is 8.29. The third-order valence-corrected chi connectivity index (χ3v) is 5.87. The zero-order chi connectivity index (χ0) is 27.5. The molecule has 0 fully saturated rings. The number of amides is 1. The van der Waals surface area contributed by atoms with Crippen molar-refractivity contribution in [1.82, 2.24) is 15.1 Å². The number of nitrogens with two attached hydrogens (primary N) is 2. The van der Waals surface area contributed by atoms with E-state index in [0.717, 1.165) is 29.0 Å². The number of nitrogens with one attached hydrogen (secondary N) is 2. The fourth-order valence-corrected chi connectivity index (χ4v) is 3.65. The summed E-state index contributed by atoms with van der Waals surface area (Å²) in [6.07, 6.45) is -1.40. The molecule has 0 radical (unpaired) electrons. The number of benzene rings is 2. The molecule has 3 aromatic rings. The monoisotopic (exact) mass is 515 g/mol. The van der Waals surface area contributed by atoms with E-state index in [1.807, 2.05) is 27.7 Å². The second-order valence-electron chi connectivity index (χ2n) is 9.17. The highest BCUT2D eigenvalue weighted by Crippen LogP contribution is 2.32. The van der Waals surface area contributed by atoms with Gasteiger partial charge in [-0.25, -0.2) is 5.84 Å². The van der Waals surface area contributed by atoms with Crippen molar-refractivity contribution < 1.29 is 18.0 Å². The van der Waals surface area contributed by atoms with Crippen LogP contribution >= 0.6 is 0 Å². The maximum absolute atomic E-state index is 13.5. The Balaban J connectivity index is 1.87. The van der Waals surface area contributed by atoms with E-state index in [-0.39, 0.29) is 23.8 Å². The van der Waals surface area contributed by atoms with Gasteiger partial charge in [0.05, 0.1) is 23.1 Å². The molecule has 198 valence electrons. The van der Waals surface area contributed by atoms with Crippen molar-refractivity contribution in [2.45, 2.75) is 46.5 Å². The number of hydrazine groups is 1. The van der Waals surface area contributed by atoms with Crippen LogP contribution in [-0.4, -0.2) is 21.7 Å². The van der Waals surface area contributed by atoms with E-state index in [2.05, 4.69) is 15.7 Å². The fourth-order valence-electron chi connectivity index (χ4n) is 3.65. The van der Waals surface area contributed by atoms with Gasteiger partial charge in [-0.1, -0.05) is 19.9 Å². The summed E-state index contributed by atoms with van der Waals surface area (Å²) in [6.45, 7) is 7.71. The summed E-state index contributed by atoms with van der Waals surface area (Å²) in [7, 11) is 1.80. The molecule has 0 unspecified atom stereocenters. The Morgan fingerprint density at radius 3 is 2.49 bits per heavy atom. The van der Waals surface area contributed by atoms with Gasteiger partial charge < -0.3 is 16.4 Å². The minimum Gasteiger partial charge on any atom is -0.397 e. The summed E-state index contributed by atoms with van der Waals surface area (Å²) in [5.74, 6) is 5.67. The predicted octanol–water partition coefficient (Wildman–Crippen LogP) is 4.44. The third kappa shape index (κ3) is 6.89.